The van der Waals surface area contributed by atoms with Crippen molar-refractivity contribution in [2.24, 2.45) is 5.92 Å². The highest BCUT2D eigenvalue weighted by molar-refractivity contribution is 5.78. The van der Waals surface area contributed by atoms with Gasteiger partial charge in [-0.2, -0.15) is 0 Å². The van der Waals surface area contributed by atoms with E-state index in [1.54, 1.807) is 6.92 Å². The standard InChI is InChI=1S/C14H19NO3/c1-10-3-5-12(6-4-10)9-13(16)15-8-7-11(2)14(17)18/h3-6,11H,7-9H2,1-2H3,(H,15,16)(H,17,18). The Bertz CT molecular complexity index is 412. The Kier molecular flexibility index (Phi) is 5.36. The summed E-state index contributed by atoms with van der Waals surface area (Å²) in [5.74, 6) is -1.33. The normalized spacial score (nSPS) is 11.9. The van der Waals surface area contributed by atoms with E-state index >= 15 is 0 Å². The molecule has 1 rings (SSSR count). The highest BCUT2D eigenvalue weighted by Gasteiger charge is 2.10. The molecule has 1 aromatic carbocycles. The SMILES string of the molecule is Cc1ccc(CC(=O)NCCC(C)C(=O)O)cc1. The lowest BCUT2D eigenvalue weighted by molar-refractivity contribution is -0.141. The number of rotatable bonds is 6. The highest BCUT2D eigenvalue weighted by Crippen LogP contribution is 2.04. The summed E-state index contributed by atoms with van der Waals surface area (Å²) in [4.78, 5) is 22.2. The van der Waals surface area contributed by atoms with Crippen LogP contribution in [0.3, 0.4) is 0 Å². The Morgan fingerprint density at radius 1 is 1.28 bits per heavy atom. The van der Waals surface area contributed by atoms with Gasteiger partial charge < -0.3 is 10.4 Å². The number of hydrogen-bond acceptors (Lipinski definition) is 2. The second kappa shape index (κ2) is 6.79. The monoisotopic (exact) mass is 249 g/mol. The Morgan fingerprint density at radius 2 is 1.89 bits per heavy atom. The molecule has 4 nitrogen and oxygen atoms in total. The number of carboxylic acids is 1. The van der Waals surface area contributed by atoms with E-state index in [1.807, 2.05) is 31.2 Å². The lowest BCUT2D eigenvalue weighted by atomic mass is 10.1. The minimum atomic E-state index is -0.831. The molecule has 0 saturated carbocycles. The summed E-state index contributed by atoms with van der Waals surface area (Å²) in [7, 11) is 0. The van der Waals surface area contributed by atoms with Crippen molar-refractivity contribution in [3.8, 4) is 0 Å². The number of nitrogens with one attached hydrogen (secondary N) is 1. The summed E-state index contributed by atoms with van der Waals surface area (Å²) >= 11 is 0. The van der Waals surface area contributed by atoms with Gasteiger partial charge in [0.25, 0.3) is 0 Å². The van der Waals surface area contributed by atoms with Crippen molar-refractivity contribution in [3.63, 3.8) is 0 Å². The predicted octanol–water partition coefficient (Wildman–Crippen LogP) is 1.76. The molecule has 0 aliphatic heterocycles. The molecule has 0 aliphatic carbocycles. The Labute approximate surface area is 107 Å². The quantitative estimate of drug-likeness (QED) is 0.807. The smallest absolute Gasteiger partial charge is 0.306 e. The van der Waals surface area contributed by atoms with Gasteiger partial charge in [0.1, 0.15) is 0 Å². The molecule has 0 saturated heterocycles. The van der Waals surface area contributed by atoms with E-state index in [0.717, 1.165) is 11.1 Å². The zero-order valence-corrected chi connectivity index (χ0v) is 10.8. The van der Waals surface area contributed by atoms with Crippen LogP contribution in [0.5, 0.6) is 0 Å². The van der Waals surface area contributed by atoms with Crippen LogP contribution >= 0.6 is 0 Å². The molecule has 1 aromatic rings. The van der Waals surface area contributed by atoms with Gasteiger partial charge in [0.15, 0.2) is 0 Å². The molecule has 0 spiro atoms. The van der Waals surface area contributed by atoms with E-state index in [0.29, 0.717) is 19.4 Å². The van der Waals surface area contributed by atoms with Crippen LogP contribution in [0.4, 0.5) is 0 Å². The number of carboxylic acid groups (broad SMARTS) is 1. The zero-order chi connectivity index (χ0) is 13.5. The molecular formula is C14H19NO3. The Hall–Kier alpha value is -1.84. The van der Waals surface area contributed by atoms with Crippen molar-refractivity contribution in [3.05, 3.63) is 35.4 Å². The Balaban J connectivity index is 2.30. The van der Waals surface area contributed by atoms with Gasteiger partial charge >= 0.3 is 5.97 Å². The van der Waals surface area contributed by atoms with Crippen molar-refractivity contribution in [2.75, 3.05) is 6.54 Å². The number of benzene rings is 1. The molecular weight excluding hydrogens is 230 g/mol. The lowest BCUT2D eigenvalue weighted by Gasteiger charge is -2.08. The molecule has 2 N–H and O–H groups in total. The molecule has 1 atom stereocenters. The molecule has 1 amide bonds. The third kappa shape index (κ3) is 4.99. The first-order valence-corrected chi connectivity index (χ1v) is 6.04. The van der Waals surface area contributed by atoms with Crippen LogP contribution in [0.15, 0.2) is 24.3 Å². The van der Waals surface area contributed by atoms with Crippen molar-refractivity contribution in [1.82, 2.24) is 5.32 Å². The van der Waals surface area contributed by atoms with Crippen LogP contribution in [-0.2, 0) is 16.0 Å². The van der Waals surface area contributed by atoms with E-state index in [9.17, 15) is 9.59 Å². The van der Waals surface area contributed by atoms with Gasteiger partial charge in [0.2, 0.25) is 5.91 Å². The van der Waals surface area contributed by atoms with Crippen molar-refractivity contribution < 1.29 is 14.7 Å². The predicted molar refractivity (Wildman–Crippen MR) is 69.3 cm³/mol. The number of aryl methyl sites for hydroxylation is 1. The van der Waals surface area contributed by atoms with Gasteiger partial charge in [0, 0.05) is 6.54 Å². The third-order valence-electron chi connectivity index (χ3n) is 2.81. The van der Waals surface area contributed by atoms with Crippen LogP contribution in [0.1, 0.15) is 24.5 Å². The average Bonchev–Trinajstić information content (AvgIpc) is 2.32. The van der Waals surface area contributed by atoms with E-state index in [1.165, 1.54) is 0 Å². The second-order valence-electron chi connectivity index (χ2n) is 4.54. The topological polar surface area (TPSA) is 66.4 Å². The van der Waals surface area contributed by atoms with Gasteiger partial charge in [0.05, 0.1) is 12.3 Å². The van der Waals surface area contributed by atoms with Crippen LogP contribution in [0, 0.1) is 12.8 Å². The van der Waals surface area contributed by atoms with Crippen molar-refractivity contribution >= 4 is 11.9 Å². The molecule has 0 fully saturated rings. The highest BCUT2D eigenvalue weighted by atomic mass is 16.4. The minimum Gasteiger partial charge on any atom is -0.481 e. The first kappa shape index (κ1) is 14.2. The maximum absolute atomic E-state index is 11.6. The van der Waals surface area contributed by atoms with Crippen LogP contribution in [0.25, 0.3) is 0 Å². The van der Waals surface area contributed by atoms with Gasteiger partial charge in [-0.1, -0.05) is 36.8 Å². The number of aliphatic carboxylic acids is 1. The summed E-state index contributed by atoms with van der Waals surface area (Å²) in [5.41, 5.74) is 2.12. The fraction of sp³-hybridized carbons (Fsp3) is 0.429. The number of carbonyl (C=O) groups is 2. The first-order chi connectivity index (χ1) is 8.49. The zero-order valence-electron chi connectivity index (χ0n) is 10.8. The number of hydrogen-bond donors (Lipinski definition) is 2. The van der Waals surface area contributed by atoms with Crippen molar-refractivity contribution in [2.45, 2.75) is 26.7 Å². The van der Waals surface area contributed by atoms with Crippen molar-refractivity contribution in [1.29, 1.82) is 0 Å². The van der Waals surface area contributed by atoms with Crippen LogP contribution in [-0.4, -0.2) is 23.5 Å². The molecule has 0 radical (unpaired) electrons. The largest absolute Gasteiger partial charge is 0.481 e. The molecule has 1 unspecified atom stereocenters. The number of amides is 1. The van der Waals surface area contributed by atoms with Gasteiger partial charge in [-0.3, -0.25) is 9.59 Å². The maximum atomic E-state index is 11.6. The second-order valence-corrected chi connectivity index (χ2v) is 4.54. The average molecular weight is 249 g/mol. The van der Waals surface area contributed by atoms with Gasteiger partial charge in [-0.25, -0.2) is 0 Å². The molecule has 0 heterocycles. The van der Waals surface area contributed by atoms with E-state index in [2.05, 4.69) is 5.32 Å². The van der Waals surface area contributed by atoms with E-state index in [-0.39, 0.29) is 5.91 Å². The summed E-state index contributed by atoms with van der Waals surface area (Å²) in [6.45, 7) is 4.03. The molecule has 0 aromatic heterocycles. The molecule has 18 heavy (non-hydrogen) atoms. The molecule has 98 valence electrons. The lowest BCUT2D eigenvalue weighted by Crippen LogP contribution is -2.28. The molecule has 0 bridgehead atoms. The Morgan fingerprint density at radius 3 is 2.44 bits per heavy atom. The first-order valence-electron chi connectivity index (χ1n) is 6.04. The van der Waals surface area contributed by atoms with E-state index < -0.39 is 11.9 Å². The summed E-state index contributed by atoms with van der Waals surface area (Å²) in [6, 6.07) is 7.79. The van der Waals surface area contributed by atoms with Gasteiger partial charge in [-0.15, -0.1) is 0 Å². The summed E-state index contributed by atoms with van der Waals surface area (Å²) < 4.78 is 0. The van der Waals surface area contributed by atoms with E-state index in [4.69, 9.17) is 5.11 Å². The molecule has 0 aliphatic rings. The third-order valence-corrected chi connectivity index (χ3v) is 2.81. The maximum Gasteiger partial charge on any atom is 0.306 e. The number of carbonyl (C=O) groups excluding carboxylic acids is 1. The summed E-state index contributed by atoms with van der Waals surface area (Å²) in [5, 5.41) is 11.4. The molecule has 4 heteroatoms. The van der Waals surface area contributed by atoms with Gasteiger partial charge in [-0.05, 0) is 18.9 Å². The van der Waals surface area contributed by atoms with Crippen LogP contribution in [0.2, 0.25) is 0 Å². The summed E-state index contributed by atoms with van der Waals surface area (Å²) in [6.07, 6.45) is 0.788. The minimum absolute atomic E-state index is 0.0727. The van der Waals surface area contributed by atoms with Crippen LogP contribution < -0.4 is 5.32 Å². The fourth-order valence-corrected chi connectivity index (χ4v) is 1.51. The fourth-order valence-electron chi connectivity index (χ4n) is 1.51.